The minimum absolute atomic E-state index is 0.105. The van der Waals surface area contributed by atoms with Crippen LogP contribution in [0.1, 0.15) is 5.56 Å². The maximum atomic E-state index is 12.7. The number of alkyl halides is 3. The van der Waals surface area contributed by atoms with E-state index >= 15 is 0 Å². The van der Waals surface area contributed by atoms with Gasteiger partial charge in [-0.1, -0.05) is 17.7 Å². The molecule has 0 unspecified atom stereocenters. The lowest BCUT2D eigenvalue weighted by Gasteiger charge is -2.36. The first kappa shape index (κ1) is 21.3. The van der Waals surface area contributed by atoms with Crippen molar-refractivity contribution in [2.24, 2.45) is 0 Å². The Labute approximate surface area is 172 Å². The molecule has 0 spiro atoms. The van der Waals surface area contributed by atoms with Crippen LogP contribution >= 0.6 is 11.6 Å². The summed E-state index contributed by atoms with van der Waals surface area (Å²) in [5, 5.41) is 5.83. The normalized spacial score (nSPS) is 15.2. The average molecular weight is 427 g/mol. The van der Waals surface area contributed by atoms with Crippen LogP contribution in [0.25, 0.3) is 0 Å². The highest BCUT2D eigenvalue weighted by molar-refractivity contribution is 6.30. The van der Waals surface area contributed by atoms with Gasteiger partial charge in [0, 0.05) is 55.7 Å². The van der Waals surface area contributed by atoms with Crippen molar-refractivity contribution in [1.29, 1.82) is 0 Å². The third kappa shape index (κ3) is 6.27. The summed E-state index contributed by atoms with van der Waals surface area (Å²) in [6.07, 6.45) is -4.44. The summed E-state index contributed by atoms with van der Waals surface area (Å²) in [6.45, 7) is 4.55. The van der Waals surface area contributed by atoms with Crippen molar-refractivity contribution in [1.82, 2.24) is 10.2 Å². The van der Waals surface area contributed by atoms with E-state index in [1.165, 1.54) is 12.1 Å². The third-order valence-electron chi connectivity index (χ3n) is 4.73. The summed E-state index contributed by atoms with van der Waals surface area (Å²) in [5.74, 6) is 0. The second kappa shape index (κ2) is 9.37. The van der Waals surface area contributed by atoms with Gasteiger partial charge in [-0.05, 0) is 42.5 Å². The van der Waals surface area contributed by atoms with E-state index in [9.17, 15) is 18.0 Å². The molecule has 9 heteroatoms. The topological polar surface area (TPSA) is 47.6 Å². The van der Waals surface area contributed by atoms with Crippen LogP contribution in [-0.2, 0) is 6.18 Å². The highest BCUT2D eigenvalue weighted by atomic mass is 35.5. The third-order valence-corrected chi connectivity index (χ3v) is 4.98. The molecule has 0 radical (unpaired) electrons. The molecule has 2 N–H and O–H groups in total. The molecule has 0 saturated carbocycles. The maximum Gasteiger partial charge on any atom is 0.416 e. The van der Waals surface area contributed by atoms with Crippen LogP contribution in [0.3, 0.4) is 0 Å². The van der Waals surface area contributed by atoms with Crippen molar-refractivity contribution in [2.75, 3.05) is 49.5 Å². The van der Waals surface area contributed by atoms with E-state index in [1.54, 1.807) is 0 Å². The number of carbonyl (C=O) groups is 1. The molecular weight excluding hydrogens is 405 g/mol. The Bertz CT molecular complexity index is 821. The monoisotopic (exact) mass is 426 g/mol. The molecule has 1 fully saturated rings. The standard InChI is InChI=1S/C20H22ClF3N4O/c21-16-4-6-18(7-5-16)28-12-10-27(11-13-28)9-8-25-19(29)26-17-3-1-2-15(14-17)20(22,23)24/h1-7,14H,8-13H2,(H2,25,26,29). The molecule has 156 valence electrons. The molecule has 1 saturated heterocycles. The molecule has 2 amide bonds. The Balaban J connectivity index is 1.38. The number of carbonyl (C=O) groups excluding carboxylic acids is 1. The highest BCUT2D eigenvalue weighted by Crippen LogP contribution is 2.30. The van der Waals surface area contributed by atoms with E-state index in [0.717, 1.165) is 44.0 Å². The molecule has 1 heterocycles. The van der Waals surface area contributed by atoms with E-state index in [4.69, 9.17) is 11.6 Å². The number of nitrogens with zero attached hydrogens (tertiary/aromatic N) is 2. The van der Waals surface area contributed by atoms with E-state index in [0.29, 0.717) is 18.1 Å². The molecule has 0 aromatic heterocycles. The van der Waals surface area contributed by atoms with Gasteiger partial charge < -0.3 is 15.5 Å². The fourth-order valence-corrected chi connectivity index (χ4v) is 3.28. The molecule has 2 aromatic rings. The predicted octanol–water partition coefficient (Wildman–Crippen LogP) is 4.30. The van der Waals surface area contributed by atoms with Gasteiger partial charge in [0.15, 0.2) is 0 Å². The van der Waals surface area contributed by atoms with Crippen LogP contribution in [0, 0.1) is 0 Å². The van der Waals surface area contributed by atoms with Crippen molar-refractivity contribution in [3.8, 4) is 0 Å². The van der Waals surface area contributed by atoms with Crippen molar-refractivity contribution in [3.05, 3.63) is 59.1 Å². The molecule has 0 atom stereocenters. The molecule has 1 aliphatic rings. The Morgan fingerprint density at radius 3 is 2.38 bits per heavy atom. The fraction of sp³-hybridized carbons (Fsp3) is 0.350. The lowest BCUT2D eigenvalue weighted by molar-refractivity contribution is -0.137. The lowest BCUT2D eigenvalue weighted by atomic mass is 10.2. The number of nitrogens with one attached hydrogen (secondary N) is 2. The van der Waals surface area contributed by atoms with Crippen LogP contribution in [0.4, 0.5) is 29.3 Å². The highest BCUT2D eigenvalue weighted by Gasteiger charge is 2.30. The first-order chi connectivity index (χ1) is 13.8. The Morgan fingerprint density at radius 2 is 1.72 bits per heavy atom. The molecule has 3 rings (SSSR count). The van der Waals surface area contributed by atoms with Gasteiger partial charge in [-0.3, -0.25) is 4.90 Å². The van der Waals surface area contributed by atoms with Crippen LogP contribution in [0.2, 0.25) is 5.02 Å². The first-order valence-corrected chi connectivity index (χ1v) is 9.64. The summed E-state index contributed by atoms with van der Waals surface area (Å²) in [5.41, 5.74) is 0.440. The molecule has 2 aromatic carbocycles. The first-order valence-electron chi connectivity index (χ1n) is 9.26. The van der Waals surface area contributed by atoms with Gasteiger partial charge in [-0.15, -0.1) is 0 Å². The molecule has 0 bridgehead atoms. The van der Waals surface area contributed by atoms with Crippen LogP contribution in [0.15, 0.2) is 48.5 Å². The number of amides is 2. The maximum absolute atomic E-state index is 12.7. The molecule has 0 aliphatic carbocycles. The van der Waals surface area contributed by atoms with Crippen LogP contribution in [-0.4, -0.2) is 50.2 Å². The zero-order valence-corrected chi connectivity index (χ0v) is 16.4. The Kier molecular flexibility index (Phi) is 6.87. The van der Waals surface area contributed by atoms with Gasteiger partial charge >= 0.3 is 12.2 Å². The Morgan fingerprint density at radius 1 is 1.03 bits per heavy atom. The summed E-state index contributed by atoms with van der Waals surface area (Å²) >= 11 is 5.92. The zero-order valence-electron chi connectivity index (χ0n) is 15.7. The molecular formula is C20H22ClF3N4O. The second-order valence-electron chi connectivity index (χ2n) is 6.76. The molecule has 1 aliphatic heterocycles. The average Bonchev–Trinajstić information content (AvgIpc) is 2.69. The van der Waals surface area contributed by atoms with Crippen molar-refractivity contribution in [3.63, 3.8) is 0 Å². The summed E-state index contributed by atoms with van der Waals surface area (Å²) < 4.78 is 38.2. The minimum atomic E-state index is -4.44. The zero-order chi connectivity index (χ0) is 20.9. The van der Waals surface area contributed by atoms with Crippen molar-refractivity contribution >= 4 is 29.0 Å². The van der Waals surface area contributed by atoms with Crippen LogP contribution in [0.5, 0.6) is 0 Å². The number of hydrogen-bond donors (Lipinski definition) is 2. The smallest absolute Gasteiger partial charge is 0.369 e. The summed E-state index contributed by atoms with van der Waals surface area (Å²) in [7, 11) is 0. The molecule has 29 heavy (non-hydrogen) atoms. The number of benzene rings is 2. The number of urea groups is 1. The van der Waals surface area contributed by atoms with E-state index in [1.807, 2.05) is 24.3 Å². The SMILES string of the molecule is O=C(NCCN1CCN(c2ccc(Cl)cc2)CC1)Nc1cccc(C(F)(F)F)c1. The second-order valence-corrected chi connectivity index (χ2v) is 7.20. The van der Waals surface area contributed by atoms with Crippen LogP contribution < -0.4 is 15.5 Å². The van der Waals surface area contributed by atoms with Gasteiger partial charge in [0.25, 0.3) is 0 Å². The van der Waals surface area contributed by atoms with Gasteiger partial charge in [-0.2, -0.15) is 13.2 Å². The van der Waals surface area contributed by atoms with Gasteiger partial charge in [0.05, 0.1) is 5.56 Å². The van der Waals surface area contributed by atoms with Gasteiger partial charge in [0.1, 0.15) is 0 Å². The van der Waals surface area contributed by atoms with E-state index in [2.05, 4.69) is 20.4 Å². The number of rotatable bonds is 5. The quantitative estimate of drug-likeness (QED) is 0.749. The molecule has 5 nitrogen and oxygen atoms in total. The number of hydrogen-bond acceptors (Lipinski definition) is 3. The fourth-order valence-electron chi connectivity index (χ4n) is 3.16. The van der Waals surface area contributed by atoms with Gasteiger partial charge in [-0.25, -0.2) is 4.79 Å². The minimum Gasteiger partial charge on any atom is -0.369 e. The summed E-state index contributed by atoms with van der Waals surface area (Å²) in [4.78, 5) is 16.5. The van der Waals surface area contributed by atoms with Crippen molar-refractivity contribution < 1.29 is 18.0 Å². The predicted molar refractivity (Wildman–Crippen MR) is 109 cm³/mol. The van der Waals surface area contributed by atoms with E-state index < -0.39 is 17.8 Å². The number of halogens is 4. The van der Waals surface area contributed by atoms with E-state index in [-0.39, 0.29) is 5.69 Å². The lowest BCUT2D eigenvalue weighted by Crippen LogP contribution is -2.48. The summed E-state index contributed by atoms with van der Waals surface area (Å²) in [6, 6.07) is 11.8. The Hall–Kier alpha value is -2.45. The van der Waals surface area contributed by atoms with Gasteiger partial charge in [0.2, 0.25) is 0 Å². The number of anilines is 2. The van der Waals surface area contributed by atoms with Crippen molar-refractivity contribution in [2.45, 2.75) is 6.18 Å². The largest absolute Gasteiger partial charge is 0.416 e. The number of piperazine rings is 1.